The molecule has 2 aromatic carbocycles. The van der Waals surface area contributed by atoms with Crippen molar-refractivity contribution in [3.05, 3.63) is 70.9 Å². The number of urea groups is 1. The first kappa shape index (κ1) is 28.2. The molecule has 0 spiro atoms. The Hall–Kier alpha value is -3.08. The summed E-state index contributed by atoms with van der Waals surface area (Å²) < 4.78 is 27.6. The zero-order valence-electron chi connectivity index (χ0n) is 19.6. The van der Waals surface area contributed by atoms with Crippen LogP contribution >= 0.6 is 0 Å². The van der Waals surface area contributed by atoms with Crippen LogP contribution in [-0.4, -0.2) is 41.7 Å². The van der Waals surface area contributed by atoms with Crippen molar-refractivity contribution in [2.75, 3.05) is 7.05 Å². The molecular weight excluding hydrogens is 471 g/mol. The molecule has 2 N–H and O–H groups in total. The van der Waals surface area contributed by atoms with Gasteiger partial charge in [0.15, 0.2) is 11.8 Å². The summed E-state index contributed by atoms with van der Waals surface area (Å²) in [5.41, 5.74) is 1.79. The second-order valence-electron chi connectivity index (χ2n) is 8.02. The molecule has 1 aliphatic heterocycles. The van der Waals surface area contributed by atoms with Gasteiger partial charge in [-0.3, -0.25) is 9.59 Å². The number of likely N-dealkylation sites (N-methyl/N-ethyl adjacent to an activating group) is 1. The van der Waals surface area contributed by atoms with Crippen LogP contribution in [0.1, 0.15) is 30.5 Å². The van der Waals surface area contributed by atoms with Gasteiger partial charge in [-0.05, 0) is 43.2 Å². The van der Waals surface area contributed by atoms with E-state index in [1.165, 1.54) is 30.2 Å². The number of ketones is 1. The molecule has 8 nitrogen and oxygen atoms in total. The minimum absolute atomic E-state index is 0. The molecule has 1 heterocycles. The molecule has 0 aliphatic carbocycles. The Morgan fingerprint density at radius 2 is 1.80 bits per heavy atom. The maximum Gasteiger partial charge on any atom is 1.00 e. The number of hydrogen-bond acceptors (Lipinski definition) is 5. The van der Waals surface area contributed by atoms with Gasteiger partial charge in [0.05, 0.1) is 6.04 Å². The number of rotatable bonds is 6. The molecule has 2 atom stereocenters. The smallest absolute Gasteiger partial charge is 0.550 e. The van der Waals surface area contributed by atoms with Gasteiger partial charge in [-0.1, -0.05) is 17.7 Å². The van der Waals surface area contributed by atoms with Gasteiger partial charge in [0, 0.05) is 42.8 Å². The van der Waals surface area contributed by atoms with Gasteiger partial charge in [0.1, 0.15) is 11.6 Å². The number of carboxylic acids is 1. The molecule has 178 valence electrons. The van der Waals surface area contributed by atoms with Gasteiger partial charge in [-0.2, -0.15) is 0 Å². The quantitative estimate of drug-likeness (QED) is 0.385. The molecular formula is C24H22F2N3NaO5. The number of aryl methyl sites for hydroxylation is 1. The van der Waals surface area contributed by atoms with Gasteiger partial charge in [-0.25, -0.2) is 13.6 Å². The summed E-state index contributed by atoms with van der Waals surface area (Å²) in [6.07, 6.45) is 0.586. The monoisotopic (exact) mass is 493 g/mol. The van der Waals surface area contributed by atoms with E-state index in [0.717, 1.165) is 12.1 Å². The van der Waals surface area contributed by atoms with E-state index in [-0.39, 0.29) is 35.1 Å². The van der Waals surface area contributed by atoms with Crippen molar-refractivity contribution in [1.29, 1.82) is 0 Å². The number of benzene rings is 2. The van der Waals surface area contributed by atoms with Crippen molar-refractivity contribution in [3.63, 3.8) is 0 Å². The standard InChI is InChI=1S/C24H23F2N3O5.Na/c1-12-6-14(17-5-4-16(25)10-18(17)26)9-15(7-12)19(11-21(31)32)27-24(34)28-22-20(30)8-13(2)29(3)23(22)33;/h4-10,19,22H,11H2,1-3H3,(H,31,32)(H2,27,28,34);/q;+1/p-1/t19-,22?;/m0./s1. The van der Waals surface area contributed by atoms with Crippen LogP contribution in [0.5, 0.6) is 0 Å². The Balaban J connectivity index is 0.00000432. The molecule has 0 radical (unpaired) electrons. The zero-order chi connectivity index (χ0) is 25.2. The first-order valence-corrected chi connectivity index (χ1v) is 10.3. The number of hydrogen-bond donors (Lipinski definition) is 2. The fourth-order valence-electron chi connectivity index (χ4n) is 3.65. The summed E-state index contributed by atoms with van der Waals surface area (Å²) in [5.74, 6) is -4.27. The van der Waals surface area contributed by atoms with Crippen LogP contribution in [0.15, 0.2) is 48.2 Å². The van der Waals surface area contributed by atoms with E-state index < -0.39 is 53.8 Å². The fourth-order valence-corrected chi connectivity index (χ4v) is 3.65. The Bertz CT molecular complexity index is 1220. The summed E-state index contributed by atoms with van der Waals surface area (Å²) in [5, 5.41) is 16.1. The molecule has 0 saturated heterocycles. The van der Waals surface area contributed by atoms with E-state index in [0.29, 0.717) is 22.4 Å². The van der Waals surface area contributed by atoms with E-state index >= 15 is 0 Å². The van der Waals surface area contributed by atoms with Crippen molar-refractivity contribution < 1.29 is 62.6 Å². The molecule has 1 unspecified atom stereocenters. The van der Waals surface area contributed by atoms with Crippen molar-refractivity contribution in [2.24, 2.45) is 0 Å². The number of carbonyl (C=O) groups is 4. The molecule has 0 bridgehead atoms. The predicted molar refractivity (Wildman–Crippen MR) is 116 cm³/mol. The van der Waals surface area contributed by atoms with Crippen LogP contribution < -0.4 is 45.3 Å². The van der Waals surface area contributed by atoms with E-state index in [9.17, 15) is 33.1 Å². The number of carboxylic acid groups (broad SMARTS) is 1. The number of allylic oxidation sites excluding steroid dienone is 1. The SMILES string of the molecule is CC1=CC(=O)C(NC(=O)N[C@@H](CC(=O)[O-])c2cc(C)cc(-c3ccc(F)cc3F)c2)C(=O)N1C.[Na+]. The number of amides is 3. The van der Waals surface area contributed by atoms with E-state index in [1.807, 2.05) is 0 Å². The van der Waals surface area contributed by atoms with Crippen molar-refractivity contribution in [2.45, 2.75) is 32.4 Å². The van der Waals surface area contributed by atoms with Crippen LogP contribution in [0.4, 0.5) is 13.6 Å². The molecule has 35 heavy (non-hydrogen) atoms. The van der Waals surface area contributed by atoms with Crippen LogP contribution in [0.3, 0.4) is 0 Å². The summed E-state index contributed by atoms with van der Waals surface area (Å²) in [7, 11) is 1.45. The van der Waals surface area contributed by atoms with Crippen molar-refractivity contribution >= 4 is 23.7 Å². The average Bonchev–Trinajstić information content (AvgIpc) is 2.74. The van der Waals surface area contributed by atoms with Crippen molar-refractivity contribution in [3.8, 4) is 11.1 Å². The van der Waals surface area contributed by atoms with Crippen LogP contribution in [0, 0.1) is 18.6 Å². The molecule has 1 aliphatic rings. The third-order valence-corrected chi connectivity index (χ3v) is 5.44. The van der Waals surface area contributed by atoms with Crippen molar-refractivity contribution in [1.82, 2.24) is 15.5 Å². The van der Waals surface area contributed by atoms with Crippen LogP contribution in [0.25, 0.3) is 11.1 Å². The number of nitrogens with zero attached hydrogens (tertiary/aromatic N) is 1. The minimum atomic E-state index is -1.47. The third-order valence-electron chi connectivity index (χ3n) is 5.44. The Morgan fingerprint density at radius 1 is 1.11 bits per heavy atom. The molecule has 2 aromatic rings. The second-order valence-corrected chi connectivity index (χ2v) is 8.02. The van der Waals surface area contributed by atoms with E-state index in [2.05, 4.69) is 10.6 Å². The molecule has 3 rings (SSSR count). The molecule has 0 fully saturated rings. The van der Waals surface area contributed by atoms with E-state index in [4.69, 9.17) is 0 Å². The third kappa shape index (κ3) is 6.74. The summed E-state index contributed by atoms with van der Waals surface area (Å²) in [6, 6.07) is 4.22. The Morgan fingerprint density at radius 3 is 2.43 bits per heavy atom. The first-order chi connectivity index (χ1) is 16.0. The first-order valence-electron chi connectivity index (χ1n) is 10.3. The summed E-state index contributed by atoms with van der Waals surface area (Å²) in [4.78, 5) is 49.8. The Kier molecular flexibility index (Phi) is 9.31. The number of nitrogens with one attached hydrogen (secondary N) is 2. The molecule has 0 aromatic heterocycles. The average molecular weight is 493 g/mol. The van der Waals surface area contributed by atoms with Crippen LogP contribution in [-0.2, 0) is 14.4 Å². The molecule has 0 saturated carbocycles. The van der Waals surface area contributed by atoms with Gasteiger partial charge in [0.2, 0.25) is 0 Å². The van der Waals surface area contributed by atoms with Gasteiger partial charge in [-0.15, -0.1) is 0 Å². The van der Waals surface area contributed by atoms with Gasteiger partial charge in [0.25, 0.3) is 5.91 Å². The maximum absolute atomic E-state index is 14.3. The molecule has 3 amide bonds. The summed E-state index contributed by atoms with van der Waals surface area (Å²) in [6.45, 7) is 3.26. The largest absolute Gasteiger partial charge is 1.00 e. The van der Waals surface area contributed by atoms with E-state index in [1.54, 1.807) is 26.0 Å². The molecule has 11 heteroatoms. The second kappa shape index (κ2) is 11.6. The zero-order valence-corrected chi connectivity index (χ0v) is 21.6. The fraction of sp³-hybridized carbons (Fsp3) is 0.250. The number of aliphatic carboxylic acids is 1. The number of carbonyl (C=O) groups excluding carboxylic acids is 4. The summed E-state index contributed by atoms with van der Waals surface area (Å²) >= 11 is 0. The predicted octanol–water partition coefficient (Wildman–Crippen LogP) is -1.26. The van der Waals surface area contributed by atoms with Crippen LogP contribution in [0.2, 0.25) is 0 Å². The van der Waals surface area contributed by atoms with Gasteiger partial charge < -0.3 is 25.4 Å². The van der Waals surface area contributed by atoms with Gasteiger partial charge >= 0.3 is 35.6 Å². The maximum atomic E-state index is 14.3. The number of halogens is 2. The topological polar surface area (TPSA) is 119 Å². The minimum Gasteiger partial charge on any atom is -0.550 e. The normalized spacial score (nSPS) is 16.2. The Labute approximate surface area is 222 Å².